The third kappa shape index (κ3) is 1.36. The van der Waals surface area contributed by atoms with Crippen LogP contribution >= 0.6 is 11.3 Å². The van der Waals surface area contributed by atoms with E-state index in [2.05, 4.69) is 51.9 Å². The molecular weight excluding hydrogens is 298 g/mol. The summed E-state index contributed by atoms with van der Waals surface area (Å²) in [7, 11) is 0. The first-order chi connectivity index (χ1) is 6.95. The predicted octanol–water partition coefficient (Wildman–Crippen LogP) is 1.92. The molecule has 68 valence electrons. The van der Waals surface area contributed by atoms with Gasteiger partial charge in [0.15, 0.2) is 0 Å². The quantitative estimate of drug-likeness (QED) is 0.706. The summed E-state index contributed by atoms with van der Waals surface area (Å²) in [6.07, 6.45) is 2.31. The summed E-state index contributed by atoms with van der Waals surface area (Å²) in [5, 5.41) is 2.22. The van der Waals surface area contributed by atoms with Crippen molar-refractivity contribution < 1.29 is 0 Å². The van der Waals surface area contributed by atoms with E-state index in [0.29, 0.717) is 0 Å². The first kappa shape index (κ1) is 8.76. The molecule has 0 amide bonds. The van der Waals surface area contributed by atoms with E-state index >= 15 is 0 Å². The average Bonchev–Trinajstić information content (AvgIpc) is 2.79. The molecule has 0 spiro atoms. The molecule has 0 radical (unpaired) electrons. The molecular formula is C12H9SSb. The van der Waals surface area contributed by atoms with Gasteiger partial charge >= 0.3 is 95.3 Å². The van der Waals surface area contributed by atoms with E-state index in [1.807, 2.05) is 11.3 Å². The fourth-order valence-corrected chi connectivity index (χ4v) is 10.0. The first-order valence-corrected chi connectivity index (χ1v) is 9.46. The van der Waals surface area contributed by atoms with E-state index in [1.54, 1.807) is 6.33 Å². The average molecular weight is 307 g/mol. The maximum absolute atomic E-state index is 2.47. The summed E-state index contributed by atoms with van der Waals surface area (Å²) in [6.45, 7) is 0. The molecule has 0 nitrogen and oxygen atoms in total. The molecule has 14 heavy (non-hydrogen) atoms. The van der Waals surface area contributed by atoms with Crippen molar-refractivity contribution in [2.75, 3.05) is 0 Å². The molecule has 0 saturated carbocycles. The molecule has 1 aromatic heterocycles. The Kier molecular flexibility index (Phi) is 2.23. The number of rotatable bonds is 1. The fourth-order valence-electron chi connectivity index (χ4n) is 1.65. The fraction of sp³-hybridized carbons (Fsp3) is 0. The van der Waals surface area contributed by atoms with Crippen molar-refractivity contribution >= 4 is 44.0 Å². The van der Waals surface area contributed by atoms with Crippen LogP contribution in [-0.4, -0.2) is 20.2 Å². The van der Waals surface area contributed by atoms with E-state index in [1.165, 1.54) is 5.56 Å². The van der Waals surface area contributed by atoms with Crippen LogP contribution in [0.15, 0.2) is 45.8 Å². The van der Waals surface area contributed by atoms with Crippen LogP contribution in [-0.2, 0) is 0 Å². The van der Waals surface area contributed by atoms with E-state index in [9.17, 15) is 0 Å². The first-order valence-electron chi connectivity index (χ1n) is 4.55. The van der Waals surface area contributed by atoms with Gasteiger partial charge in [-0.1, -0.05) is 0 Å². The molecule has 0 bridgehead atoms. The van der Waals surface area contributed by atoms with Crippen molar-refractivity contribution in [3.8, 4) is 0 Å². The number of fused-ring (bicyclic) bond motifs is 1. The summed E-state index contributed by atoms with van der Waals surface area (Å²) < 4.78 is 5.71. The van der Waals surface area contributed by atoms with Gasteiger partial charge in [0, 0.05) is 0 Å². The number of benzene rings is 1. The molecule has 2 heteroatoms. The van der Waals surface area contributed by atoms with Gasteiger partial charge in [-0.3, -0.25) is 0 Å². The van der Waals surface area contributed by atoms with Crippen LogP contribution in [0.1, 0.15) is 5.56 Å². The van der Waals surface area contributed by atoms with Gasteiger partial charge in [-0.25, -0.2) is 0 Å². The molecule has 1 aliphatic heterocycles. The Bertz CT molecular complexity index is 470. The van der Waals surface area contributed by atoms with Gasteiger partial charge in [-0.15, -0.1) is 0 Å². The van der Waals surface area contributed by atoms with Crippen LogP contribution in [0.4, 0.5) is 0 Å². The van der Waals surface area contributed by atoms with Crippen LogP contribution in [0, 0.1) is 0 Å². The molecule has 0 saturated heterocycles. The molecule has 0 unspecified atom stereocenters. The molecule has 0 atom stereocenters. The van der Waals surface area contributed by atoms with Crippen LogP contribution in [0.5, 0.6) is 0 Å². The Morgan fingerprint density at radius 1 is 1.00 bits per heavy atom. The molecule has 1 aliphatic rings. The second-order valence-electron chi connectivity index (χ2n) is 3.20. The molecule has 1 aromatic carbocycles. The van der Waals surface area contributed by atoms with Gasteiger partial charge in [0.25, 0.3) is 0 Å². The second kappa shape index (κ2) is 3.56. The van der Waals surface area contributed by atoms with E-state index in [4.69, 9.17) is 0 Å². The molecule has 0 aliphatic carbocycles. The Hall–Kier alpha value is -0.522. The third-order valence-electron chi connectivity index (χ3n) is 2.33. The SMILES string of the molecule is C1=[CH][Sb]([c]2ccccc2)[c]2sccc21. The van der Waals surface area contributed by atoms with Gasteiger partial charge < -0.3 is 0 Å². The maximum atomic E-state index is 2.47. The summed E-state index contributed by atoms with van der Waals surface area (Å²) in [5.41, 5.74) is 1.47. The summed E-state index contributed by atoms with van der Waals surface area (Å²) >= 11 is 0.522. The zero-order valence-electron chi connectivity index (χ0n) is 7.55. The number of hydrogen-bond donors (Lipinski definition) is 0. The molecule has 0 fully saturated rings. The Morgan fingerprint density at radius 2 is 1.86 bits per heavy atom. The van der Waals surface area contributed by atoms with Crippen LogP contribution in [0.3, 0.4) is 0 Å². The van der Waals surface area contributed by atoms with Crippen molar-refractivity contribution in [3.05, 3.63) is 51.4 Å². The third-order valence-corrected chi connectivity index (χ3v) is 11.0. The molecule has 2 heterocycles. The minimum atomic E-state index is -1.41. The predicted molar refractivity (Wildman–Crippen MR) is 64.8 cm³/mol. The van der Waals surface area contributed by atoms with Crippen LogP contribution in [0.2, 0.25) is 0 Å². The molecule has 3 rings (SSSR count). The van der Waals surface area contributed by atoms with E-state index in [0.717, 1.165) is 0 Å². The van der Waals surface area contributed by atoms with E-state index < -0.39 is 20.2 Å². The molecule has 0 N–H and O–H groups in total. The Labute approximate surface area is 94.9 Å². The number of hydrogen-bond acceptors (Lipinski definition) is 1. The van der Waals surface area contributed by atoms with Gasteiger partial charge in [0.05, 0.1) is 0 Å². The summed E-state index contributed by atoms with van der Waals surface area (Å²) in [6, 6.07) is 13.2. The molecule has 2 aromatic rings. The van der Waals surface area contributed by atoms with Crippen LogP contribution < -0.4 is 6.33 Å². The number of thiophene rings is 1. The van der Waals surface area contributed by atoms with Gasteiger partial charge in [0.1, 0.15) is 0 Å². The summed E-state index contributed by atoms with van der Waals surface area (Å²) in [4.78, 5) is 0. The van der Waals surface area contributed by atoms with Gasteiger partial charge in [-0.05, 0) is 0 Å². The van der Waals surface area contributed by atoms with Crippen molar-refractivity contribution in [2.24, 2.45) is 0 Å². The Morgan fingerprint density at radius 3 is 2.71 bits per heavy atom. The zero-order valence-corrected chi connectivity index (χ0v) is 10.9. The monoisotopic (exact) mass is 306 g/mol. The standard InChI is InChI=1S/C6H4S.C6H5.Sb/c1-2-6-3-4-7-5-6;1-2-4-6-5-3-1;/h1-4H;1-5H;. The van der Waals surface area contributed by atoms with Crippen molar-refractivity contribution in [1.29, 1.82) is 0 Å². The summed E-state index contributed by atoms with van der Waals surface area (Å²) in [5.74, 6) is 0. The zero-order chi connectivity index (χ0) is 9.38. The minimum absolute atomic E-state index is 1.41. The Balaban J connectivity index is 2.08. The van der Waals surface area contributed by atoms with E-state index in [-0.39, 0.29) is 0 Å². The topological polar surface area (TPSA) is 0 Å². The van der Waals surface area contributed by atoms with Gasteiger partial charge in [-0.2, -0.15) is 0 Å². The van der Waals surface area contributed by atoms with Crippen molar-refractivity contribution in [1.82, 2.24) is 0 Å². The second-order valence-corrected chi connectivity index (χ2v) is 10.7. The van der Waals surface area contributed by atoms with Crippen molar-refractivity contribution in [3.63, 3.8) is 0 Å². The van der Waals surface area contributed by atoms with Crippen LogP contribution in [0.25, 0.3) is 6.08 Å². The van der Waals surface area contributed by atoms with Gasteiger partial charge in [0.2, 0.25) is 0 Å². The normalized spacial score (nSPS) is 14.6. The van der Waals surface area contributed by atoms with Crippen molar-refractivity contribution in [2.45, 2.75) is 0 Å².